The third-order valence-electron chi connectivity index (χ3n) is 2.81. The Kier molecular flexibility index (Phi) is 2.73. The van der Waals surface area contributed by atoms with Crippen molar-refractivity contribution in [2.45, 2.75) is 18.9 Å². The number of likely N-dealkylation sites (tertiary alicyclic amines) is 1. The van der Waals surface area contributed by atoms with Crippen LogP contribution in [0.25, 0.3) is 0 Å². The van der Waals surface area contributed by atoms with E-state index < -0.39 is 5.97 Å². The summed E-state index contributed by atoms with van der Waals surface area (Å²) in [7, 11) is 1.87. The lowest BCUT2D eigenvalue weighted by Crippen LogP contribution is -2.29. The van der Waals surface area contributed by atoms with E-state index in [2.05, 4.69) is 5.10 Å². The van der Waals surface area contributed by atoms with Crippen molar-refractivity contribution in [1.82, 2.24) is 14.7 Å². The number of carboxylic acids is 1. The van der Waals surface area contributed by atoms with Crippen LogP contribution in [0.4, 0.5) is 0 Å². The van der Waals surface area contributed by atoms with Crippen LogP contribution in [0.2, 0.25) is 0 Å². The summed E-state index contributed by atoms with van der Waals surface area (Å²) in [5.74, 6) is -0.759. The summed E-state index contributed by atoms with van der Waals surface area (Å²) in [4.78, 5) is 12.7. The zero-order chi connectivity index (χ0) is 10.8. The van der Waals surface area contributed by atoms with Gasteiger partial charge in [-0.3, -0.25) is 14.4 Å². The molecule has 1 aliphatic heterocycles. The Morgan fingerprint density at radius 2 is 2.53 bits per heavy atom. The van der Waals surface area contributed by atoms with E-state index in [0.717, 1.165) is 24.9 Å². The minimum absolute atomic E-state index is 0.125. The van der Waals surface area contributed by atoms with Gasteiger partial charge in [-0.1, -0.05) is 0 Å². The first kappa shape index (κ1) is 10.2. The number of aryl methyl sites for hydroxylation is 1. The normalized spacial score (nSPS) is 22.1. The summed E-state index contributed by atoms with van der Waals surface area (Å²) in [5.41, 5.74) is 1.12. The molecule has 2 rings (SSSR count). The highest BCUT2D eigenvalue weighted by Gasteiger charge is 2.28. The fraction of sp³-hybridized carbons (Fsp3) is 0.600. The standard InChI is InChI=1S/C10H15N3O2/c1-12-6-8(5-11-12)9-3-2-4-13(9)7-10(14)15/h5-6,9H,2-4,7H2,1H3,(H,14,15). The topological polar surface area (TPSA) is 58.4 Å². The summed E-state index contributed by atoms with van der Waals surface area (Å²) in [6.45, 7) is 0.991. The fourth-order valence-corrected chi connectivity index (χ4v) is 2.18. The molecule has 0 radical (unpaired) electrons. The van der Waals surface area contributed by atoms with E-state index in [1.165, 1.54) is 0 Å². The smallest absolute Gasteiger partial charge is 0.317 e. The molecule has 5 nitrogen and oxygen atoms in total. The first-order chi connectivity index (χ1) is 7.16. The molecular formula is C10H15N3O2. The molecule has 1 N–H and O–H groups in total. The van der Waals surface area contributed by atoms with Gasteiger partial charge in [0.15, 0.2) is 0 Å². The first-order valence-corrected chi connectivity index (χ1v) is 5.11. The summed E-state index contributed by atoms with van der Waals surface area (Å²) >= 11 is 0. The number of hydrogen-bond donors (Lipinski definition) is 1. The van der Waals surface area contributed by atoms with E-state index >= 15 is 0 Å². The molecule has 0 aromatic carbocycles. The van der Waals surface area contributed by atoms with Crippen LogP contribution in [0.15, 0.2) is 12.4 Å². The zero-order valence-corrected chi connectivity index (χ0v) is 8.76. The molecule has 1 fully saturated rings. The molecule has 2 heterocycles. The largest absolute Gasteiger partial charge is 0.480 e. The third kappa shape index (κ3) is 2.18. The number of carbonyl (C=O) groups is 1. The SMILES string of the molecule is Cn1cc(C2CCCN2CC(=O)O)cn1. The van der Waals surface area contributed by atoms with E-state index in [0.29, 0.717) is 0 Å². The van der Waals surface area contributed by atoms with Gasteiger partial charge in [-0.2, -0.15) is 5.10 Å². The molecule has 0 saturated carbocycles. The summed E-state index contributed by atoms with van der Waals surface area (Å²) in [6, 6.07) is 0.231. The van der Waals surface area contributed by atoms with Crippen LogP contribution >= 0.6 is 0 Å². The lowest BCUT2D eigenvalue weighted by Gasteiger charge is -2.21. The predicted octanol–water partition coefficient (Wildman–Crippen LogP) is 0.642. The Balaban J connectivity index is 2.10. The van der Waals surface area contributed by atoms with E-state index in [-0.39, 0.29) is 12.6 Å². The number of aromatic nitrogens is 2. The summed E-state index contributed by atoms with van der Waals surface area (Å²) in [5, 5.41) is 12.9. The highest BCUT2D eigenvalue weighted by Crippen LogP contribution is 2.30. The molecule has 5 heteroatoms. The highest BCUT2D eigenvalue weighted by atomic mass is 16.4. The monoisotopic (exact) mass is 209 g/mol. The number of aliphatic carboxylic acids is 1. The maximum atomic E-state index is 10.7. The second kappa shape index (κ2) is 4.02. The van der Waals surface area contributed by atoms with Crippen LogP contribution in [-0.4, -0.2) is 38.8 Å². The molecule has 1 atom stereocenters. The van der Waals surface area contributed by atoms with Crippen LogP contribution in [0, 0.1) is 0 Å². The van der Waals surface area contributed by atoms with E-state index in [4.69, 9.17) is 5.11 Å². The van der Waals surface area contributed by atoms with Crippen LogP contribution in [0.3, 0.4) is 0 Å². The first-order valence-electron chi connectivity index (χ1n) is 5.11. The highest BCUT2D eigenvalue weighted by molar-refractivity contribution is 5.69. The van der Waals surface area contributed by atoms with Crippen molar-refractivity contribution in [3.8, 4) is 0 Å². The summed E-state index contributed by atoms with van der Waals surface area (Å²) < 4.78 is 1.76. The van der Waals surface area contributed by atoms with Crippen molar-refractivity contribution in [2.24, 2.45) is 7.05 Å². The van der Waals surface area contributed by atoms with Crippen LogP contribution in [0.1, 0.15) is 24.4 Å². The van der Waals surface area contributed by atoms with Crippen molar-refractivity contribution in [3.05, 3.63) is 18.0 Å². The van der Waals surface area contributed by atoms with Gasteiger partial charge in [0.05, 0.1) is 12.7 Å². The molecular weight excluding hydrogens is 194 g/mol. The Bertz CT molecular complexity index is 361. The van der Waals surface area contributed by atoms with Gasteiger partial charge in [-0.05, 0) is 19.4 Å². The molecule has 0 amide bonds. The van der Waals surface area contributed by atoms with E-state index in [1.807, 2.05) is 24.3 Å². The van der Waals surface area contributed by atoms with Gasteiger partial charge in [0, 0.05) is 24.8 Å². The van der Waals surface area contributed by atoms with Crippen molar-refractivity contribution in [1.29, 1.82) is 0 Å². The predicted molar refractivity (Wildman–Crippen MR) is 54.4 cm³/mol. The molecule has 1 unspecified atom stereocenters. The minimum atomic E-state index is -0.759. The van der Waals surface area contributed by atoms with Crippen molar-refractivity contribution in [3.63, 3.8) is 0 Å². The second-order valence-electron chi connectivity index (χ2n) is 3.97. The quantitative estimate of drug-likeness (QED) is 0.793. The number of rotatable bonds is 3. The van der Waals surface area contributed by atoms with Gasteiger partial charge in [-0.25, -0.2) is 0 Å². The van der Waals surface area contributed by atoms with Gasteiger partial charge in [-0.15, -0.1) is 0 Å². The Morgan fingerprint density at radius 1 is 1.73 bits per heavy atom. The molecule has 1 saturated heterocycles. The Hall–Kier alpha value is -1.36. The molecule has 1 aliphatic rings. The maximum absolute atomic E-state index is 10.7. The molecule has 0 aliphatic carbocycles. The maximum Gasteiger partial charge on any atom is 0.317 e. The average Bonchev–Trinajstić information content (AvgIpc) is 2.72. The van der Waals surface area contributed by atoms with Crippen molar-refractivity contribution in [2.75, 3.05) is 13.1 Å². The fourth-order valence-electron chi connectivity index (χ4n) is 2.18. The second-order valence-corrected chi connectivity index (χ2v) is 3.97. The minimum Gasteiger partial charge on any atom is -0.480 e. The van der Waals surface area contributed by atoms with Gasteiger partial charge in [0.1, 0.15) is 0 Å². The molecule has 82 valence electrons. The average molecular weight is 209 g/mol. The molecule has 15 heavy (non-hydrogen) atoms. The molecule has 0 bridgehead atoms. The molecule has 1 aromatic rings. The van der Waals surface area contributed by atoms with Gasteiger partial charge < -0.3 is 5.11 Å². The Labute approximate surface area is 88.3 Å². The van der Waals surface area contributed by atoms with Gasteiger partial charge in [0.25, 0.3) is 0 Å². The lowest BCUT2D eigenvalue weighted by molar-refractivity contribution is -0.138. The van der Waals surface area contributed by atoms with Gasteiger partial charge >= 0.3 is 5.97 Å². The molecule has 0 spiro atoms. The number of hydrogen-bond acceptors (Lipinski definition) is 3. The van der Waals surface area contributed by atoms with Crippen LogP contribution < -0.4 is 0 Å². The summed E-state index contributed by atoms with van der Waals surface area (Å²) in [6.07, 6.45) is 5.88. The number of carboxylic acid groups (broad SMARTS) is 1. The Morgan fingerprint density at radius 3 is 3.13 bits per heavy atom. The van der Waals surface area contributed by atoms with E-state index in [9.17, 15) is 4.79 Å². The lowest BCUT2D eigenvalue weighted by atomic mass is 10.1. The van der Waals surface area contributed by atoms with Crippen LogP contribution in [-0.2, 0) is 11.8 Å². The zero-order valence-electron chi connectivity index (χ0n) is 8.76. The van der Waals surface area contributed by atoms with Crippen molar-refractivity contribution < 1.29 is 9.90 Å². The third-order valence-corrected chi connectivity index (χ3v) is 2.81. The van der Waals surface area contributed by atoms with E-state index in [1.54, 1.807) is 4.68 Å². The molecule has 1 aromatic heterocycles. The van der Waals surface area contributed by atoms with Crippen LogP contribution in [0.5, 0.6) is 0 Å². The van der Waals surface area contributed by atoms with Gasteiger partial charge in [0.2, 0.25) is 0 Å². The van der Waals surface area contributed by atoms with Crippen molar-refractivity contribution >= 4 is 5.97 Å². The number of nitrogens with zero attached hydrogens (tertiary/aromatic N) is 3.